The van der Waals surface area contributed by atoms with E-state index in [2.05, 4.69) is 20.4 Å². The van der Waals surface area contributed by atoms with Crippen molar-refractivity contribution in [2.24, 2.45) is 7.05 Å². The lowest BCUT2D eigenvalue weighted by molar-refractivity contribution is -0.659. The van der Waals surface area contributed by atoms with Crippen LogP contribution in [0.4, 0.5) is 14.9 Å². The molecule has 3 aromatic rings. The zero-order valence-corrected chi connectivity index (χ0v) is 18.4. The fourth-order valence-corrected chi connectivity index (χ4v) is 4.07. The molecule has 2 atom stereocenters. The van der Waals surface area contributed by atoms with Gasteiger partial charge in [-0.3, -0.25) is 9.88 Å². The lowest BCUT2D eigenvalue weighted by atomic mass is 10.1. The SMILES string of the molecule is Cn1nnc(-c2ccc(-c3ccc(N4C[C@H](COC(=O)[C@@H]5CCC[NH2+]5)OC4=O)cc3F)cn2)n1. The van der Waals surface area contributed by atoms with Crippen LogP contribution in [-0.4, -0.2) is 69.1 Å². The third kappa shape index (κ3) is 4.44. The number of ether oxygens (including phenoxy) is 2. The Morgan fingerprint density at radius 2 is 2.21 bits per heavy atom. The van der Waals surface area contributed by atoms with Crippen molar-refractivity contribution in [2.75, 3.05) is 24.6 Å². The van der Waals surface area contributed by atoms with Gasteiger partial charge in [-0.05, 0) is 29.5 Å². The Kier molecular flexibility index (Phi) is 5.88. The molecule has 5 rings (SSSR count). The van der Waals surface area contributed by atoms with Crippen LogP contribution in [0.25, 0.3) is 22.6 Å². The Hall–Kier alpha value is -3.93. The van der Waals surface area contributed by atoms with Crippen molar-refractivity contribution >= 4 is 17.7 Å². The van der Waals surface area contributed by atoms with Crippen LogP contribution >= 0.6 is 0 Å². The van der Waals surface area contributed by atoms with E-state index in [4.69, 9.17) is 9.47 Å². The van der Waals surface area contributed by atoms with Crippen LogP contribution in [0.1, 0.15) is 12.8 Å². The van der Waals surface area contributed by atoms with Gasteiger partial charge in [-0.2, -0.15) is 4.80 Å². The van der Waals surface area contributed by atoms with Gasteiger partial charge in [0.2, 0.25) is 5.82 Å². The van der Waals surface area contributed by atoms with Gasteiger partial charge in [-0.15, -0.1) is 10.2 Å². The lowest BCUT2D eigenvalue weighted by Gasteiger charge is -2.15. The fraction of sp³-hybridized carbons (Fsp3) is 0.364. The number of cyclic esters (lactones) is 1. The molecule has 0 radical (unpaired) electrons. The van der Waals surface area contributed by atoms with Crippen molar-refractivity contribution in [3.8, 4) is 22.6 Å². The number of amides is 1. The van der Waals surface area contributed by atoms with Gasteiger partial charge in [0.15, 0.2) is 12.1 Å². The molecule has 176 valence electrons. The number of benzene rings is 1. The normalized spacial score (nSPS) is 19.9. The highest BCUT2D eigenvalue weighted by Crippen LogP contribution is 2.29. The number of aryl methyl sites for hydroxylation is 1. The van der Waals surface area contributed by atoms with Gasteiger partial charge in [-0.25, -0.2) is 14.0 Å². The standard InChI is InChI=1S/C22H22FN7O4/c1-29-27-20(26-28-29)18-7-4-13(10-25-18)16-6-5-14(9-17(16)23)30-11-15(34-22(30)32)12-33-21(31)19-3-2-8-24-19/h4-7,9-10,15,19,24H,2-3,8,11-12H2,1H3/p+1/t15-,19+/m1/s1. The number of nitrogens with two attached hydrogens (primary N) is 1. The number of halogens is 1. The summed E-state index contributed by atoms with van der Waals surface area (Å²) in [4.78, 5) is 31.4. The molecular formula is C22H23FN7O4+. The first kappa shape index (κ1) is 21.9. The van der Waals surface area contributed by atoms with E-state index >= 15 is 0 Å². The van der Waals surface area contributed by atoms with Crippen LogP contribution in [0.2, 0.25) is 0 Å². The second-order valence-electron chi connectivity index (χ2n) is 8.22. The second kappa shape index (κ2) is 9.14. The maximum atomic E-state index is 14.9. The van der Waals surface area contributed by atoms with Gasteiger partial charge in [0, 0.05) is 30.2 Å². The molecule has 11 nitrogen and oxygen atoms in total. The number of esters is 1. The predicted molar refractivity (Wildman–Crippen MR) is 116 cm³/mol. The first-order chi connectivity index (χ1) is 16.5. The number of quaternary nitrogens is 1. The van der Waals surface area contributed by atoms with Gasteiger partial charge < -0.3 is 14.8 Å². The summed E-state index contributed by atoms with van der Waals surface area (Å²) in [6, 6.07) is 7.71. The molecule has 2 fully saturated rings. The summed E-state index contributed by atoms with van der Waals surface area (Å²) in [5.74, 6) is -0.430. The predicted octanol–water partition coefficient (Wildman–Crippen LogP) is 0.672. The number of nitrogens with zero attached hydrogens (tertiary/aromatic N) is 6. The number of carbonyl (C=O) groups excluding carboxylic acids is 2. The largest absolute Gasteiger partial charge is 0.457 e. The smallest absolute Gasteiger partial charge is 0.414 e. The van der Waals surface area contributed by atoms with E-state index in [1.165, 1.54) is 22.0 Å². The molecule has 1 aromatic carbocycles. The molecule has 0 aliphatic carbocycles. The molecule has 1 amide bonds. The van der Waals surface area contributed by atoms with E-state index in [9.17, 15) is 14.0 Å². The second-order valence-corrected chi connectivity index (χ2v) is 8.22. The van der Waals surface area contributed by atoms with Crippen molar-refractivity contribution in [3.05, 3.63) is 42.3 Å². The molecule has 2 aromatic heterocycles. The Balaban J connectivity index is 1.24. The summed E-state index contributed by atoms with van der Waals surface area (Å²) in [6.45, 7) is 1.05. The number of carbonyl (C=O) groups is 2. The van der Waals surface area contributed by atoms with Crippen molar-refractivity contribution < 1.29 is 28.8 Å². The van der Waals surface area contributed by atoms with Crippen LogP contribution < -0.4 is 10.2 Å². The molecule has 12 heteroatoms. The minimum atomic E-state index is -0.608. The first-order valence-electron chi connectivity index (χ1n) is 11.0. The molecule has 0 bridgehead atoms. The quantitative estimate of drug-likeness (QED) is 0.523. The average molecular weight is 468 g/mol. The number of rotatable bonds is 6. The third-order valence-corrected chi connectivity index (χ3v) is 5.84. The summed E-state index contributed by atoms with van der Waals surface area (Å²) in [5, 5.41) is 13.7. The zero-order chi connectivity index (χ0) is 23.7. The maximum absolute atomic E-state index is 14.9. The van der Waals surface area contributed by atoms with Gasteiger partial charge in [0.25, 0.3) is 0 Å². The van der Waals surface area contributed by atoms with Crippen LogP contribution in [-0.2, 0) is 21.3 Å². The van der Waals surface area contributed by atoms with Crippen molar-refractivity contribution in [1.29, 1.82) is 0 Å². The monoisotopic (exact) mass is 468 g/mol. The molecule has 2 aliphatic heterocycles. The maximum Gasteiger partial charge on any atom is 0.414 e. The molecule has 0 saturated carbocycles. The highest BCUT2D eigenvalue weighted by Gasteiger charge is 2.35. The molecule has 2 aliphatic rings. The summed E-state index contributed by atoms with van der Waals surface area (Å²) in [7, 11) is 1.65. The summed E-state index contributed by atoms with van der Waals surface area (Å²) >= 11 is 0. The third-order valence-electron chi connectivity index (χ3n) is 5.84. The van der Waals surface area contributed by atoms with E-state index < -0.39 is 18.0 Å². The Morgan fingerprint density at radius 1 is 1.32 bits per heavy atom. The highest BCUT2D eigenvalue weighted by molar-refractivity contribution is 5.90. The minimum Gasteiger partial charge on any atom is -0.457 e. The topological polar surface area (TPSA) is 129 Å². The van der Waals surface area contributed by atoms with Crippen LogP contribution in [0, 0.1) is 5.82 Å². The number of pyridine rings is 1. The Morgan fingerprint density at radius 3 is 2.88 bits per heavy atom. The number of aromatic nitrogens is 5. The average Bonchev–Trinajstić information content (AvgIpc) is 3.59. The van der Waals surface area contributed by atoms with Gasteiger partial charge in [0.1, 0.15) is 18.1 Å². The molecule has 0 unspecified atom stereocenters. The van der Waals surface area contributed by atoms with Gasteiger partial charge in [-0.1, -0.05) is 6.07 Å². The Bertz CT molecular complexity index is 1210. The van der Waals surface area contributed by atoms with Crippen molar-refractivity contribution in [3.63, 3.8) is 0 Å². The van der Waals surface area contributed by atoms with Crippen LogP contribution in [0.5, 0.6) is 0 Å². The van der Waals surface area contributed by atoms with E-state index in [-0.39, 0.29) is 25.2 Å². The summed E-state index contributed by atoms with van der Waals surface area (Å²) in [5.41, 5.74) is 1.78. The van der Waals surface area contributed by atoms with Crippen LogP contribution in [0.15, 0.2) is 36.5 Å². The van der Waals surface area contributed by atoms with Crippen molar-refractivity contribution in [1.82, 2.24) is 25.2 Å². The molecule has 0 spiro atoms. The summed E-state index contributed by atoms with van der Waals surface area (Å²) < 4.78 is 25.6. The molecule has 2 saturated heterocycles. The van der Waals surface area contributed by atoms with Gasteiger partial charge >= 0.3 is 12.1 Å². The van der Waals surface area contributed by atoms with Crippen LogP contribution in [0.3, 0.4) is 0 Å². The van der Waals surface area contributed by atoms with E-state index in [1.54, 1.807) is 31.3 Å². The lowest BCUT2D eigenvalue weighted by Crippen LogP contribution is -2.88. The number of hydrogen-bond donors (Lipinski definition) is 1. The minimum absolute atomic E-state index is 0.0232. The van der Waals surface area contributed by atoms with E-state index in [1.807, 2.05) is 5.32 Å². The number of hydrogen-bond acceptors (Lipinski definition) is 8. The van der Waals surface area contributed by atoms with Gasteiger partial charge in [0.05, 0.1) is 25.8 Å². The highest BCUT2D eigenvalue weighted by atomic mass is 19.1. The first-order valence-corrected chi connectivity index (χ1v) is 11.0. The molecule has 2 N–H and O–H groups in total. The molecular weight excluding hydrogens is 445 g/mol. The molecule has 34 heavy (non-hydrogen) atoms. The number of anilines is 1. The van der Waals surface area contributed by atoms with E-state index in [0.29, 0.717) is 28.3 Å². The number of tetrazole rings is 1. The fourth-order valence-electron chi connectivity index (χ4n) is 4.07. The Labute approximate surface area is 193 Å². The molecule has 4 heterocycles. The van der Waals surface area contributed by atoms with Crippen molar-refractivity contribution in [2.45, 2.75) is 25.0 Å². The summed E-state index contributed by atoms with van der Waals surface area (Å²) in [6.07, 6.45) is 2.08. The van der Waals surface area contributed by atoms with E-state index in [0.717, 1.165) is 19.4 Å². The zero-order valence-electron chi connectivity index (χ0n) is 18.4.